The number of para-hydroxylation sites is 1. The van der Waals surface area contributed by atoms with Gasteiger partial charge >= 0.3 is 6.18 Å². The first-order chi connectivity index (χ1) is 17.1. The number of thioether (sulfide) groups is 1. The predicted molar refractivity (Wildman–Crippen MR) is 134 cm³/mol. The summed E-state index contributed by atoms with van der Waals surface area (Å²) in [6, 6.07) is 12.8. The quantitative estimate of drug-likeness (QED) is 0.520. The van der Waals surface area contributed by atoms with E-state index in [0.717, 1.165) is 29.0 Å². The first-order valence-electron chi connectivity index (χ1n) is 11.5. The number of allylic oxidation sites excluding steroid dienone is 2. The van der Waals surface area contributed by atoms with Crippen LogP contribution >= 0.6 is 11.8 Å². The van der Waals surface area contributed by atoms with Crippen molar-refractivity contribution in [1.29, 1.82) is 5.26 Å². The molecule has 2 unspecified atom stereocenters. The number of nitriles is 1. The monoisotopic (exact) mass is 511 g/mol. The van der Waals surface area contributed by atoms with E-state index in [1.165, 1.54) is 18.2 Å². The Kier molecular flexibility index (Phi) is 7.36. The van der Waals surface area contributed by atoms with Crippen LogP contribution in [0, 0.1) is 31.1 Å². The van der Waals surface area contributed by atoms with Crippen molar-refractivity contribution in [2.75, 3.05) is 11.1 Å². The largest absolute Gasteiger partial charge is 0.416 e. The Morgan fingerprint density at radius 1 is 1.14 bits per heavy atom. The molecular formula is C27H24F3N3O2S. The molecule has 1 heterocycles. The normalized spacial score (nSPS) is 19.9. The number of anilines is 1. The van der Waals surface area contributed by atoms with Gasteiger partial charge in [0.05, 0.1) is 22.4 Å². The number of alkyl halides is 3. The number of Topliss-reactive ketones (excluding diaryl/α,β-unsaturated/α-hetero) is 1. The molecule has 1 N–H and O–H groups in total. The van der Waals surface area contributed by atoms with Gasteiger partial charge in [-0.2, -0.15) is 18.4 Å². The van der Waals surface area contributed by atoms with Gasteiger partial charge in [-0.1, -0.05) is 48.2 Å². The van der Waals surface area contributed by atoms with E-state index < -0.39 is 23.6 Å². The Labute approximate surface area is 211 Å². The number of ketones is 1. The van der Waals surface area contributed by atoms with Crippen molar-refractivity contribution in [3.05, 3.63) is 76.0 Å². The van der Waals surface area contributed by atoms with Crippen LogP contribution in [0.1, 0.15) is 47.4 Å². The second kappa shape index (κ2) is 10.3. The summed E-state index contributed by atoms with van der Waals surface area (Å²) in [5, 5.41) is 13.2. The van der Waals surface area contributed by atoms with Gasteiger partial charge in [0.1, 0.15) is 5.92 Å². The number of nitrogens with zero attached hydrogens (tertiary/aromatic N) is 2. The molecule has 0 radical (unpaired) electrons. The van der Waals surface area contributed by atoms with Crippen LogP contribution in [-0.4, -0.2) is 22.5 Å². The van der Waals surface area contributed by atoms with E-state index in [9.17, 15) is 28.0 Å². The third-order valence-corrected chi connectivity index (χ3v) is 7.47. The average Bonchev–Trinajstić information content (AvgIpc) is 2.84. The minimum Gasteiger partial charge on any atom is -0.325 e. The molecule has 1 aliphatic heterocycles. The first-order valence-corrected chi connectivity index (χ1v) is 12.5. The molecule has 0 bridgehead atoms. The van der Waals surface area contributed by atoms with Gasteiger partial charge in [-0.15, -0.1) is 0 Å². The van der Waals surface area contributed by atoms with Gasteiger partial charge in [-0.25, -0.2) is 4.99 Å². The van der Waals surface area contributed by atoms with Crippen molar-refractivity contribution in [2.24, 2.45) is 10.9 Å². The maximum absolute atomic E-state index is 13.9. The number of nitrogens with one attached hydrogen (secondary N) is 1. The van der Waals surface area contributed by atoms with Gasteiger partial charge in [0.2, 0.25) is 5.91 Å². The topological polar surface area (TPSA) is 82.3 Å². The minimum atomic E-state index is -4.65. The van der Waals surface area contributed by atoms with Gasteiger partial charge < -0.3 is 5.32 Å². The predicted octanol–water partition coefficient (Wildman–Crippen LogP) is 6.34. The second-order valence-electron chi connectivity index (χ2n) is 8.86. The number of amides is 1. The van der Waals surface area contributed by atoms with Crippen LogP contribution in [0.3, 0.4) is 0 Å². The van der Waals surface area contributed by atoms with Crippen LogP contribution in [0.25, 0.3) is 0 Å². The van der Waals surface area contributed by atoms with Crippen molar-refractivity contribution in [3.8, 4) is 6.07 Å². The Morgan fingerprint density at radius 3 is 2.50 bits per heavy atom. The van der Waals surface area contributed by atoms with Crippen LogP contribution in [0.2, 0.25) is 0 Å². The molecule has 0 aromatic heterocycles. The molecule has 2 aliphatic rings. The van der Waals surface area contributed by atoms with Gasteiger partial charge in [0.15, 0.2) is 5.78 Å². The molecule has 2 atom stereocenters. The van der Waals surface area contributed by atoms with Crippen LogP contribution in [0.15, 0.2) is 58.7 Å². The maximum Gasteiger partial charge on any atom is 0.416 e. The lowest BCUT2D eigenvalue weighted by atomic mass is 9.73. The number of aryl methyl sites for hydroxylation is 2. The van der Waals surface area contributed by atoms with Gasteiger partial charge in [0.25, 0.3) is 0 Å². The SMILES string of the molecule is Cc1cccc(C)c1NC(=O)CSC1=NC2=C(C(=O)CCC2)C(c2ccccc2C(F)(F)F)C1C#N. The number of carbonyl (C=O) groups excluding carboxylic acids is 2. The van der Waals surface area contributed by atoms with Crippen LogP contribution < -0.4 is 5.32 Å². The summed E-state index contributed by atoms with van der Waals surface area (Å²) in [4.78, 5) is 30.2. The van der Waals surface area contributed by atoms with E-state index in [1.807, 2.05) is 32.0 Å². The molecule has 1 amide bonds. The highest BCUT2D eigenvalue weighted by molar-refractivity contribution is 8.14. The third kappa shape index (κ3) is 5.09. The first kappa shape index (κ1) is 25.7. The zero-order valence-corrected chi connectivity index (χ0v) is 20.6. The highest BCUT2D eigenvalue weighted by atomic mass is 32.2. The lowest BCUT2D eigenvalue weighted by Crippen LogP contribution is -2.32. The highest BCUT2D eigenvalue weighted by Gasteiger charge is 2.44. The lowest BCUT2D eigenvalue weighted by Gasteiger charge is -2.34. The summed E-state index contributed by atoms with van der Waals surface area (Å²) < 4.78 is 41.7. The zero-order chi connectivity index (χ0) is 26.0. The van der Waals surface area contributed by atoms with Gasteiger partial charge in [-0.3, -0.25) is 9.59 Å². The molecule has 9 heteroatoms. The number of benzene rings is 2. The molecule has 2 aromatic rings. The maximum atomic E-state index is 13.9. The van der Waals surface area contributed by atoms with Crippen molar-refractivity contribution >= 4 is 34.2 Å². The molecular weight excluding hydrogens is 487 g/mol. The number of hydrogen-bond donors (Lipinski definition) is 1. The summed E-state index contributed by atoms with van der Waals surface area (Å²) in [6.07, 6.45) is -3.47. The van der Waals surface area contributed by atoms with E-state index in [2.05, 4.69) is 16.4 Å². The van der Waals surface area contributed by atoms with Crippen molar-refractivity contribution < 1.29 is 22.8 Å². The molecule has 2 aromatic carbocycles. The Hall–Kier alpha value is -3.38. The van der Waals surface area contributed by atoms with Crippen molar-refractivity contribution in [3.63, 3.8) is 0 Å². The molecule has 0 fully saturated rings. The van der Waals surface area contributed by atoms with E-state index in [0.29, 0.717) is 24.2 Å². The fraction of sp³-hybridized carbons (Fsp3) is 0.333. The zero-order valence-electron chi connectivity index (χ0n) is 19.8. The molecule has 0 saturated heterocycles. The highest BCUT2D eigenvalue weighted by Crippen LogP contribution is 2.47. The Balaban J connectivity index is 1.68. The minimum absolute atomic E-state index is 0.0744. The molecule has 5 nitrogen and oxygen atoms in total. The van der Waals surface area contributed by atoms with E-state index in [-0.39, 0.29) is 40.0 Å². The number of aliphatic imine (C=N–C) groups is 1. The summed E-state index contributed by atoms with van der Waals surface area (Å²) >= 11 is 1.03. The van der Waals surface area contributed by atoms with Crippen molar-refractivity contribution in [2.45, 2.75) is 45.2 Å². The molecule has 0 saturated carbocycles. The number of carbonyl (C=O) groups is 2. The van der Waals surface area contributed by atoms with E-state index in [1.54, 1.807) is 0 Å². The second-order valence-corrected chi connectivity index (χ2v) is 9.86. The average molecular weight is 512 g/mol. The van der Waals surface area contributed by atoms with Crippen LogP contribution in [0.5, 0.6) is 0 Å². The summed E-state index contributed by atoms with van der Waals surface area (Å²) in [5.74, 6) is -2.89. The lowest BCUT2D eigenvalue weighted by molar-refractivity contribution is -0.138. The Morgan fingerprint density at radius 2 is 1.83 bits per heavy atom. The standard InChI is InChI=1S/C27H24F3N3O2S/c1-15-7-5-8-16(2)25(15)33-22(35)14-36-26-18(13-31)23(24-20(32-26)11-6-12-21(24)34)17-9-3-4-10-19(17)27(28,29)30/h3-5,7-10,18,23H,6,11-12,14H2,1-2H3,(H,33,35). The molecule has 36 heavy (non-hydrogen) atoms. The van der Waals surface area contributed by atoms with Gasteiger partial charge in [-0.05, 0) is 49.4 Å². The summed E-state index contributed by atoms with van der Waals surface area (Å²) in [5.41, 5.74) is 2.11. The smallest absolute Gasteiger partial charge is 0.325 e. The number of rotatable bonds is 4. The Bertz CT molecular complexity index is 1300. The third-order valence-electron chi connectivity index (χ3n) is 6.42. The number of halogens is 3. The fourth-order valence-electron chi connectivity index (χ4n) is 4.77. The fourth-order valence-corrected chi connectivity index (χ4v) is 5.66. The molecule has 1 aliphatic carbocycles. The van der Waals surface area contributed by atoms with Crippen molar-refractivity contribution in [1.82, 2.24) is 0 Å². The molecule has 0 spiro atoms. The van der Waals surface area contributed by atoms with Crippen LogP contribution in [-0.2, 0) is 15.8 Å². The number of hydrogen-bond acceptors (Lipinski definition) is 5. The van der Waals surface area contributed by atoms with E-state index >= 15 is 0 Å². The van der Waals surface area contributed by atoms with Crippen LogP contribution in [0.4, 0.5) is 18.9 Å². The summed E-state index contributed by atoms with van der Waals surface area (Å²) in [7, 11) is 0. The van der Waals surface area contributed by atoms with Gasteiger partial charge in [0, 0.05) is 29.3 Å². The molecule has 4 rings (SSSR count). The van der Waals surface area contributed by atoms with E-state index in [4.69, 9.17) is 0 Å². The summed E-state index contributed by atoms with van der Waals surface area (Å²) in [6.45, 7) is 3.76. The molecule has 186 valence electrons.